The van der Waals surface area contributed by atoms with Crippen LogP contribution in [0.5, 0.6) is 0 Å². The first-order chi connectivity index (χ1) is 7.28. The first-order valence-electron chi connectivity index (χ1n) is 6.72. The lowest BCUT2D eigenvalue weighted by molar-refractivity contribution is -0.0399. The van der Waals surface area contributed by atoms with Crippen LogP contribution >= 0.6 is 0 Å². The Labute approximate surface area is 101 Å². The fraction of sp³-hybridized carbons (Fsp3) is 0.867. The normalized spacial score (nSPS) is 37.8. The van der Waals surface area contributed by atoms with Gasteiger partial charge in [-0.25, -0.2) is 0 Å². The predicted octanol–water partition coefficient (Wildman–Crippen LogP) is 4.10. The van der Waals surface area contributed by atoms with E-state index in [4.69, 9.17) is 0 Å². The second-order valence-corrected chi connectivity index (χ2v) is 7.60. The van der Waals surface area contributed by atoms with Gasteiger partial charge in [-0.15, -0.1) is 0 Å². The Morgan fingerprint density at radius 1 is 1.25 bits per heavy atom. The molecule has 1 heteroatoms. The van der Waals surface area contributed by atoms with Crippen molar-refractivity contribution >= 4 is 0 Å². The first-order valence-corrected chi connectivity index (χ1v) is 6.72. The number of hydrogen-bond acceptors (Lipinski definition) is 1. The summed E-state index contributed by atoms with van der Waals surface area (Å²) >= 11 is 0. The Hall–Kier alpha value is -0.460. The minimum atomic E-state index is 0.358. The van der Waals surface area contributed by atoms with E-state index >= 15 is 0 Å². The van der Waals surface area contributed by atoms with Gasteiger partial charge < -0.3 is 5.32 Å². The molecule has 2 aliphatic carbocycles. The number of rotatable bonds is 3. The Morgan fingerprint density at radius 3 is 2.25 bits per heavy atom. The van der Waals surface area contributed by atoms with E-state index in [9.17, 15) is 0 Å². The molecule has 0 radical (unpaired) electrons. The molecule has 2 aliphatic rings. The highest BCUT2D eigenvalue weighted by Gasteiger charge is 2.51. The van der Waals surface area contributed by atoms with Gasteiger partial charge in [0.05, 0.1) is 0 Å². The van der Waals surface area contributed by atoms with E-state index in [1.165, 1.54) is 31.4 Å². The number of allylic oxidation sites excluding steroid dienone is 1. The van der Waals surface area contributed by atoms with Gasteiger partial charge in [-0.1, -0.05) is 34.3 Å². The van der Waals surface area contributed by atoms with Crippen LogP contribution in [0.25, 0.3) is 0 Å². The van der Waals surface area contributed by atoms with Crippen molar-refractivity contribution in [3.63, 3.8) is 0 Å². The molecule has 0 saturated heterocycles. The lowest BCUT2D eigenvalue weighted by Gasteiger charge is -2.57. The van der Waals surface area contributed by atoms with Crippen molar-refractivity contribution in [2.24, 2.45) is 16.7 Å². The molecule has 2 fully saturated rings. The van der Waals surface area contributed by atoms with Gasteiger partial charge in [-0.05, 0) is 48.9 Å². The average molecular weight is 221 g/mol. The monoisotopic (exact) mass is 221 g/mol. The molecule has 0 bridgehead atoms. The van der Waals surface area contributed by atoms with Gasteiger partial charge in [0.2, 0.25) is 0 Å². The molecule has 0 heterocycles. The molecule has 0 aromatic carbocycles. The molecule has 0 atom stereocenters. The van der Waals surface area contributed by atoms with Crippen LogP contribution < -0.4 is 5.32 Å². The maximum absolute atomic E-state index is 4.16. The van der Waals surface area contributed by atoms with Crippen molar-refractivity contribution in [2.45, 2.75) is 65.8 Å². The van der Waals surface area contributed by atoms with Gasteiger partial charge in [-0.2, -0.15) is 0 Å². The van der Waals surface area contributed by atoms with Crippen molar-refractivity contribution < 1.29 is 0 Å². The molecule has 0 aliphatic heterocycles. The van der Waals surface area contributed by atoms with Crippen LogP contribution in [0.3, 0.4) is 0 Å². The van der Waals surface area contributed by atoms with Crippen LogP contribution in [0.2, 0.25) is 0 Å². The lowest BCUT2D eigenvalue weighted by Crippen LogP contribution is -2.54. The van der Waals surface area contributed by atoms with Crippen LogP contribution in [0.1, 0.15) is 59.8 Å². The minimum absolute atomic E-state index is 0.358. The fourth-order valence-corrected chi connectivity index (χ4v) is 3.82. The summed E-state index contributed by atoms with van der Waals surface area (Å²) in [5, 5.41) is 3.62. The van der Waals surface area contributed by atoms with Gasteiger partial charge in [0.15, 0.2) is 0 Å². The molecule has 1 spiro atoms. The van der Waals surface area contributed by atoms with Crippen molar-refractivity contribution in [3.05, 3.63) is 12.3 Å². The van der Waals surface area contributed by atoms with E-state index in [2.05, 4.69) is 39.6 Å². The molecule has 16 heavy (non-hydrogen) atoms. The molecule has 0 aromatic rings. The standard InChI is InChI=1S/C15H27N/c1-11-6-15(7-11)9-13(10-15)16-12(2)8-14(3,4)5/h11,13,16H,2,6-10H2,1,3-5H3. The molecule has 1 N–H and O–H groups in total. The quantitative estimate of drug-likeness (QED) is 0.756. The van der Waals surface area contributed by atoms with E-state index < -0.39 is 0 Å². The highest BCUT2D eigenvalue weighted by Crippen LogP contribution is 2.58. The Kier molecular flexibility index (Phi) is 2.84. The summed E-state index contributed by atoms with van der Waals surface area (Å²) in [4.78, 5) is 0. The van der Waals surface area contributed by atoms with Crippen LogP contribution in [0.15, 0.2) is 12.3 Å². The molecular formula is C15H27N. The van der Waals surface area contributed by atoms with Crippen LogP contribution in [0, 0.1) is 16.7 Å². The topological polar surface area (TPSA) is 12.0 Å². The van der Waals surface area contributed by atoms with Crippen molar-refractivity contribution in [3.8, 4) is 0 Å². The number of nitrogens with one attached hydrogen (secondary N) is 1. The summed E-state index contributed by atoms with van der Waals surface area (Å²) < 4.78 is 0. The Bertz CT molecular complexity index is 270. The molecule has 0 aromatic heterocycles. The summed E-state index contributed by atoms with van der Waals surface area (Å²) in [5.74, 6) is 0.985. The van der Waals surface area contributed by atoms with E-state index in [-0.39, 0.29) is 0 Å². The van der Waals surface area contributed by atoms with Crippen molar-refractivity contribution in [2.75, 3.05) is 0 Å². The third-order valence-corrected chi connectivity index (χ3v) is 4.07. The van der Waals surface area contributed by atoms with Crippen LogP contribution in [-0.2, 0) is 0 Å². The highest BCUT2D eigenvalue weighted by atomic mass is 15.0. The zero-order valence-electron chi connectivity index (χ0n) is 11.4. The van der Waals surface area contributed by atoms with Gasteiger partial charge in [0.25, 0.3) is 0 Å². The maximum Gasteiger partial charge on any atom is 0.0268 e. The molecule has 2 saturated carbocycles. The number of hydrogen-bond donors (Lipinski definition) is 1. The van der Waals surface area contributed by atoms with Gasteiger partial charge in [0, 0.05) is 11.7 Å². The second kappa shape index (κ2) is 3.78. The van der Waals surface area contributed by atoms with Gasteiger partial charge >= 0.3 is 0 Å². The summed E-state index contributed by atoms with van der Waals surface area (Å²) in [6.07, 6.45) is 6.81. The largest absolute Gasteiger partial charge is 0.386 e. The van der Waals surface area contributed by atoms with Crippen LogP contribution in [-0.4, -0.2) is 6.04 Å². The van der Waals surface area contributed by atoms with Gasteiger partial charge in [0.1, 0.15) is 0 Å². The molecule has 1 nitrogen and oxygen atoms in total. The molecule has 0 amide bonds. The van der Waals surface area contributed by atoms with E-state index in [0.29, 0.717) is 5.41 Å². The Morgan fingerprint density at radius 2 is 1.81 bits per heavy atom. The van der Waals surface area contributed by atoms with E-state index in [0.717, 1.165) is 23.8 Å². The van der Waals surface area contributed by atoms with Crippen LogP contribution in [0.4, 0.5) is 0 Å². The molecule has 0 unspecified atom stereocenters. The lowest BCUT2D eigenvalue weighted by atomic mass is 9.50. The van der Waals surface area contributed by atoms with Gasteiger partial charge in [-0.3, -0.25) is 0 Å². The first kappa shape index (κ1) is 12.0. The van der Waals surface area contributed by atoms with E-state index in [1.807, 2.05) is 0 Å². The molecule has 2 rings (SSSR count). The zero-order valence-corrected chi connectivity index (χ0v) is 11.4. The highest BCUT2D eigenvalue weighted by molar-refractivity contribution is 5.08. The SMILES string of the molecule is C=C(CC(C)(C)C)NC1CC2(CC(C)C2)C1. The summed E-state index contributed by atoms with van der Waals surface area (Å²) in [7, 11) is 0. The summed E-state index contributed by atoms with van der Waals surface area (Å²) in [6, 6.07) is 0.724. The van der Waals surface area contributed by atoms with Crippen molar-refractivity contribution in [1.29, 1.82) is 0 Å². The fourth-order valence-electron chi connectivity index (χ4n) is 3.82. The third kappa shape index (κ3) is 2.61. The summed E-state index contributed by atoms with van der Waals surface area (Å²) in [5.41, 5.74) is 2.34. The Balaban J connectivity index is 1.68. The smallest absolute Gasteiger partial charge is 0.0268 e. The minimum Gasteiger partial charge on any atom is -0.386 e. The van der Waals surface area contributed by atoms with E-state index in [1.54, 1.807) is 0 Å². The summed E-state index contributed by atoms with van der Waals surface area (Å²) in [6.45, 7) is 13.4. The maximum atomic E-state index is 4.16. The molecule has 92 valence electrons. The predicted molar refractivity (Wildman–Crippen MR) is 70.2 cm³/mol. The molecular weight excluding hydrogens is 194 g/mol. The van der Waals surface area contributed by atoms with Crippen molar-refractivity contribution in [1.82, 2.24) is 5.32 Å². The second-order valence-electron chi connectivity index (χ2n) is 7.60. The zero-order chi connectivity index (χ0) is 12.0. The average Bonchev–Trinajstić information content (AvgIpc) is 1.93. The third-order valence-electron chi connectivity index (χ3n) is 4.07.